The van der Waals surface area contributed by atoms with Crippen molar-refractivity contribution in [3.8, 4) is 0 Å². The van der Waals surface area contributed by atoms with Crippen molar-refractivity contribution < 1.29 is 9.53 Å². The predicted molar refractivity (Wildman–Crippen MR) is 68.5 cm³/mol. The summed E-state index contributed by atoms with van der Waals surface area (Å²) < 4.78 is 5.40. The van der Waals surface area contributed by atoms with Crippen LogP contribution in [0.1, 0.15) is 24.2 Å². The third-order valence-electron chi connectivity index (χ3n) is 3.11. The van der Waals surface area contributed by atoms with E-state index in [4.69, 9.17) is 10.5 Å². The van der Waals surface area contributed by atoms with E-state index in [1.165, 1.54) is 6.92 Å². The second-order valence-electron chi connectivity index (χ2n) is 4.45. The molecule has 1 aliphatic rings. The Morgan fingerprint density at radius 3 is 2.88 bits per heavy atom. The van der Waals surface area contributed by atoms with Crippen molar-refractivity contribution in [2.24, 2.45) is 0 Å². The Kier molecular flexibility index (Phi) is 3.33. The van der Waals surface area contributed by atoms with Gasteiger partial charge in [-0.2, -0.15) is 0 Å². The van der Waals surface area contributed by atoms with Gasteiger partial charge in [0, 0.05) is 29.5 Å². The molecule has 1 fully saturated rings. The molecule has 1 saturated heterocycles. The lowest BCUT2D eigenvalue weighted by Gasteiger charge is -2.35. The van der Waals surface area contributed by atoms with Crippen molar-refractivity contribution in [3.05, 3.63) is 23.8 Å². The molecule has 1 atom stereocenters. The Morgan fingerprint density at radius 2 is 2.29 bits per heavy atom. The Balaban J connectivity index is 2.27. The number of nitrogens with two attached hydrogens (primary N) is 1. The van der Waals surface area contributed by atoms with E-state index in [0.717, 1.165) is 25.4 Å². The number of carbonyl (C=O) groups excluding carboxylic acids is 1. The van der Waals surface area contributed by atoms with Gasteiger partial charge in [0.1, 0.15) is 0 Å². The van der Waals surface area contributed by atoms with Gasteiger partial charge in [0.25, 0.3) is 0 Å². The Morgan fingerprint density at radius 1 is 1.53 bits per heavy atom. The molecule has 0 bridgehead atoms. The van der Waals surface area contributed by atoms with Gasteiger partial charge in [-0.1, -0.05) is 0 Å². The van der Waals surface area contributed by atoms with Gasteiger partial charge in [-0.25, -0.2) is 0 Å². The van der Waals surface area contributed by atoms with E-state index in [-0.39, 0.29) is 5.78 Å². The molecular weight excluding hydrogens is 216 g/mol. The fraction of sp³-hybridized carbons (Fsp3) is 0.462. The zero-order chi connectivity index (χ0) is 12.4. The molecule has 1 aromatic rings. The van der Waals surface area contributed by atoms with Crippen molar-refractivity contribution in [1.82, 2.24) is 0 Å². The maximum absolute atomic E-state index is 11.3. The Labute approximate surface area is 101 Å². The predicted octanol–water partition coefficient (Wildman–Crippen LogP) is 1.70. The average molecular weight is 234 g/mol. The molecule has 1 unspecified atom stereocenters. The number of hydrogen-bond donors (Lipinski definition) is 1. The summed E-state index contributed by atoms with van der Waals surface area (Å²) in [7, 11) is 0. The first kappa shape index (κ1) is 11.9. The van der Waals surface area contributed by atoms with Gasteiger partial charge in [-0.3, -0.25) is 4.79 Å². The number of ether oxygens (including phenoxy) is 1. The molecule has 1 aliphatic heterocycles. The fourth-order valence-corrected chi connectivity index (χ4v) is 2.16. The van der Waals surface area contributed by atoms with Crippen molar-refractivity contribution in [3.63, 3.8) is 0 Å². The molecule has 2 rings (SSSR count). The lowest BCUT2D eigenvalue weighted by atomic mass is 10.1. The van der Waals surface area contributed by atoms with Crippen LogP contribution in [0.3, 0.4) is 0 Å². The number of anilines is 2. The minimum atomic E-state index is 0.00377. The number of morpholine rings is 1. The lowest BCUT2D eigenvalue weighted by Crippen LogP contribution is -2.43. The number of ketones is 1. The Hall–Kier alpha value is -1.55. The van der Waals surface area contributed by atoms with E-state index in [9.17, 15) is 4.79 Å². The zero-order valence-electron chi connectivity index (χ0n) is 10.3. The van der Waals surface area contributed by atoms with Gasteiger partial charge in [-0.05, 0) is 32.0 Å². The summed E-state index contributed by atoms with van der Waals surface area (Å²) in [5.41, 5.74) is 8.10. The third-order valence-corrected chi connectivity index (χ3v) is 3.11. The minimum absolute atomic E-state index is 0.00377. The van der Waals surface area contributed by atoms with Crippen LogP contribution >= 0.6 is 0 Å². The van der Waals surface area contributed by atoms with Crippen LogP contribution in [-0.4, -0.2) is 31.6 Å². The van der Waals surface area contributed by atoms with Crippen molar-refractivity contribution in [2.75, 3.05) is 30.4 Å². The standard InChI is InChI=1S/C13H18N2O2/c1-9-8-17-6-5-15(9)11-3-4-12(10(2)16)13(14)7-11/h3-4,7,9H,5-6,8,14H2,1-2H3. The highest BCUT2D eigenvalue weighted by Crippen LogP contribution is 2.24. The molecule has 0 radical (unpaired) electrons. The van der Waals surface area contributed by atoms with Crippen LogP contribution in [0.15, 0.2) is 18.2 Å². The van der Waals surface area contributed by atoms with Gasteiger partial charge < -0.3 is 15.4 Å². The van der Waals surface area contributed by atoms with Crippen molar-refractivity contribution in [1.29, 1.82) is 0 Å². The molecule has 4 heteroatoms. The molecule has 0 saturated carbocycles. The van der Waals surface area contributed by atoms with Crippen LogP contribution in [0.5, 0.6) is 0 Å². The van der Waals surface area contributed by atoms with Gasteiger partial charge in [0.05, 0.1) is 13.2 Å². The number of Topliss-reactive ketones (excluding diaryl/α,β-unsaturated/α-hetero) is 1. The maximum Gasteiger partial charge on any atom is 0.161 e. The SMILES string of the molecule is CC(=O)c1ccc(N2CCOCC2C)cc1N. The second kappa shape index (κ2) is 4.75. The number of nitrogen functional groups attached to an aromatic ring is 1. The topological polar surface area (TPSA) is 55.6 Å². The molecule has 0 aliphatic carbocycles. The highest BCUT2D eigenvalue weighted by Gasteiger charge is 2.19. The summed E-state index contributed by atoms with van der Waals surface area (Å²) in [6, 6.07) is 5.97. The van der Waals surface area contributed by atoms with E-state index in [2.05, 4.69) is 11.8 Å². The van der Waals surface area contributed by atoms with Crippen LogP contribution in [0, 0.1) is 0 Å². The molecule has 0 amide bonds. The molecule has 1 heterocycles. The fourth-order valence-electron chi connectivity index (χ4n) is 2.16. The molecule has 1 aromatic carbocycles. The van der Waals surface area contributed by atoms with Gasteiger partial charge in [-0.15, -0.1) is 0 Å². The molecule has 0 aromatic heterocycles. The monoisotopic (exact) mass is 234 g/mol. The molecule has 92 valence electrons. The Bertz CT molecular complexity index is 431. The number of hydrogen-bond acceptors (Lipinski definition) is 4. The summed E-state index contributed by atoms with van der Waals surface area (Å²) in [5.74, 6) is 0.00377. The minimum Gasteiger partial charge on any atom is -0.398 e. The summed E-state index contributed by atoms with van der Waals surface area (Å²) in [6.45, 7) is 5.98. The second-order valence-corrected chi connectivity index (χ2v) is 4.45. The molecule has 0 spiro atoms. The highest BCUT2D eigenvalue weighted by atomic mass is 16.5. The van der Waals surface area contributed by atoms with Crippen molar-refractivity contribution in [2.45, 2.75) is 19.9 Å². The van der Waals surface area contributed by atoms with Gasteiger partial charge in [0.15, 0.2) is 5.78 Å². The first-order valence-corrected chi connectivity index (χ1v) is 5.84. The lowest BCUT2D eigenvalue weighted by molar-refractivity contribution is 0.0988. The van der Waals surface area contributed by atoms with Gasteiger partial charge >= 0.3 is 0 Å². The number of carbonyl (C=O) groups is 1. The number of benzene rings is 1. The normalized spacial score (nSPS) is 20.4. The molecule has 4 nitrogen and oxygen atoms in total. The van der Waals surface area contributed by atoms with E-state index < -0.39 is 0 Å². The van der Waals surface area contributed by atoms with Crippen LogP contribution < -0.4 is 10.6 Å². The van der Waals surface area contributed by atoms with Crippen LogP contribution in [0.25, 0.3) is 0 Å². The summed E-state index contributed by atoms with van der Waals surface area (Å²) in [6.07, 6.45) is 0. The highest BCUT2D eigenvalue weighted by molar-refractivity contribution is 5.99. The summed E-state index contributed by atoms with van der Waals surface area (Å²) in [4.78, 5) is 13.6. The van der Waals surface area contributed by atoms with E-state index >= 15 is 0 Å². The quantitative estimate of drug-likeness (QED) is 0.625. The summed E-state index contributed by atoms with van der Waals surface area (Å²) in [5, 5.41) is 0. The number of rotatable bonds is 2. The van der Waals surface area contributed by atoms with E-state index in [0.29, 0.717) is 17.3 Å². The van der Waals surface area contributed by atoms with E-state index in [1.54, 1.807) is 6.07 Å². The zero-order valence-corrected chi connectivity index (χ0v) is 10.3. The first-order valence-electron chi connectivity index (χ1n) is 5.84. The molecule has 2 N–H and O–H groups in total. The maximum atomic E-state index is 11.3. The van der Waals surface area contributed by atoms with Gasteiger partial charge in [0.2, 0.25) is 0 Å². The first-order chi connectivity index (χ1) is 8.09. The van der Waals surface area contributed by atoms with Crippen molar-refractivity contribution >= 4 is 17.2 Å². The number of nitrogens with zero attached hydrogens (tertiary/aromatic N) is 1. The third kappa shape index (κ3) is 2.42. The smallest absolute Gasteiger partial charge is 0.161 e. The molecule has 17 heavy (non-hydrogen) atoms. The molecular formula is C13H18N2O2. The van der Waals surface area contributed by atoms with Crippen LogP contribution in [-0.2, 0) is 4.74 Å². The largest absolute Gasteiger partial charge is 0.398 e. The average Bonchev–Trinajstić information content (AvgIpc) is 2.29. The van der Waals surface area contributed by atoms with Crippen LogP contribution in [0.2, 0.25) is 0 Å². The van der Waals surface area contributed by atoms with E-state index in [1.807, 2.05) is 12.1 Å². The van der Waals surface area contributed by atoms with Crippen LogP contribution in [0.4, 0.5) is 11.4 Å². The summed E-state index contributed by atoms with van der Waals surface area (Å²) >= 11 is 0.